The Hall–Kier alpha value is -0.390. The maximum Gasteiger partial charge on any atom is 0.252 e. The van der Waals surface area contributed by atoms with Crippen LogP contribution >= 0.6 is 35.3 Å². The van der Waals surface area contributed by atoms with E-state index in [1.807, 2.05) is 6.07 Å². The van der Waals surface area contributed by atoms with Crippen molar-refractivity contribution < 1.29 is 8.42 Å². The highest BCUT2D eigenvalue weighted by Crippen LogP contribution is 2.26. The van der Waals surface area contributed by atoms with Crippen molar-refractivity contribution in [1.82, 2.24) is 14.9 Å². The minimum atomic E-state index is -3.33. The molecule has 1 fully saturated rings. The second kappa shape index (κ2) is 12.2. The molecule has 2 rings (SSSR count). The summed E-state index contributed by atoms with van der Waals surface area (Å²) >= 11 is 1.34. The first-order valence-corrected chi connectivity index (χ1v) is 11.7. The number of sulfonamides is 1. The van der Waals surface area contributed by atoms with Crippen LogP contribution in [0.3, 0.4) is 0 Å². The molecule has 1 aliphatic rings. The van der Waals surface area contributed by atoms with E-state index in [1.54, 1.807) is 17.4 Å². The van der Waals surface area contributed by atoms with Crippen LogP contribution in [0.1, 0.15) is 50.8 Å². The van der Waals surface area contributed by atoms with Gasteiger partial charge in [-0.2, -0.15) is 4.31 Å². The molecule has 9 heteroatoms. The number of halogens is 1. The highest BCUT2D eigenvalue weighted by Gasteiger charge is 2.27. The fourth-order valence-corrected chi connectivity index (χ4v) is 5.90. The van der Waals surface area contributed by atoms with Crippen LogP contribution in [0.15, 0.2) is 21.3 Å². The number of hydrogen-bond acceptors (Lipinski definition) is 4. The normalized spacial score (nSPS) is 16.2. The standard InChI is InChI=1S/C18H32N4O2S2.HI/c1-15(2)8-7-11-20-18(19-3)21-14-16-9-10-17(25-16)26(23,24)22-12-5-4-6-13-22;/h9-10,15H,4-8,11-14H2,1-3H3,(H2,19,20,21);1H. The van der Waals surface area contributed by atoms with E-state index < -0.39 is 10.0 Å². The van der Waals surface area contributed by atoms with Crippen molar-refractivity contribution in [3.05, 3.63) is 17.0 Å². The SMILES string of the molecule is CN=C(NCCCC(C)C)NCc1ccc(S(=O)(=O)N2CCCCC2)s1.I. The molecule has 0 atom stereocenters. The minimum absolute atomic E-state index is 0. The van der Waals surface area contributed by atoms with E-state index in [-0.39, 0.29) is 24.0 Å². The molecule has 0 spiro atoms. The van der Waals surface area contributed by atoms with Gasteiger partial charge in [0, 0.05) is 31.6 Å². The van der Waals surface area contributed by atoms with Crippen LogP contribution in [0.25, 0.3) is 0 Å². The number of rotatable bonds is 8. The second-order valence-electron chi connectivity index (χ2n) is 7.07. The van der Waals surface area contributed by atoms with Crippen LogP contribution in [-0.2, 0) is 16.6 Å². The van der Waals surface area contributed by atoms with Crippen LogP contribution in [0.5, 0.6) is 0 Å². The Bertz CT molecular complexity index is 683. The number of nitrogens with one attached hydrogen (secondary N) is 2. The molecule has 2 N–H and O–H groups in total. The van der Waals surface area contributed by atoms with Crippen LogP contribution in [0.4, 0.5) is 0 Å². The largest absolute Gasteiger partial charge is 0.356 e. The highest BCUT2D eigenvalue weighted by molar-refractivity contribution is 14.0. The number of thiophene rings is 1. The van der Waals surface area contributed by atoms with E-state index in [4.69, 9.17) is 0 Å². The molecule has 27 heavy (non-hydrogen) atoms. The Morgan fingerprint density at radius 1 is 1.22 bits per heavy atom. The summed E-state index contributed by atoms with van der Waals surface area (Å²) in [6.07, 6.45) is 5.33. The Morgan fingerprint density at radius 3 is 2.56 bits per heavy atom. The average Bonchev–Trinajstić information content (AvgIpc) is 3.11. The van der Waals surface area contributed by atoms with Gasteiger partial charge >= 0.3 is 0 Å². The van der Waals surface area contributed by atoms with E-state index in [0.29, 0.717) is 29.8 Å². The lowest BCUT2D eigenvalue weighted by atomic mass is 10.1. The lowest BCUT2D eigenvalue weighted by molar-refractivity contribution is 0.347. The summed E-state index contributed by atoms with van der Waals surface area (Å²) in [6, 6.07) is 3.62. The van der Waals surface area contributed by atoms with Crippen molar-refractivity contribution in [3.8, 4) is 0 Å². The molecule has 1 aromatic heterocycles. The fraction of sp³-hybridized carbons (Fsp3) is 0.722. The van der Waals surface area contributed by atoms with Gasteiger partial charge in [-0.1, -0.05) is 20.3 Å². The zero-order valence-electron chi connectivity index (χ0n) is 16.5. The van der Waals surface area contributed by atoms with Gasteiger partial charge in [0.2, 0.25) is 0 Å². The Balaban J connectivity index is 0.00000364. The molecule has 0 aliphatic carbocycles. The maximum absolute atomic E-state index is 12.7. The third-order valence-corrected chi connectivity index (χ3v) is 7.90. The van der Waals surface area contributed by atoms with E-state index in [9.17, 15) is 8.42 Å². The summed E-state index contributed by atoms with van der Waals surface area (Å²) in [4.78, 5) is 5.21. The van der Waals surface area contributed by atoms with Gasteiger partial charge in [-0.05, 0) is 43.7 Å². The monoisotopic (exact) mass is 528 g/mol. The molecule has 6 nitrogen and oxygen atoms in total. The Kier molecular flexibility index (Phi) is 11.2. The lowest BCUT2D eigenvalue weighted by Crippen LogP contribution is -2.37. The first-order valence-electron chi connectivity index (χ1n) is 9.47. The minimum Gasteiger partial charge on any atom is -0.356 e. The highest BCUT2D eigenvalue weighted by atomic mass is 127. The van der Waals surface area contributed by atoms with Gasteiger partial charge in [0.25, 0.3) is 10.0 Å². The summed E-state index contributed by atoms with van der Waals surface area (Å²) in [5.41, 5.74) is 0. The smallest absolute Gasteiger partial charge is 0.252 e. The van der Waals surface area contributed by atoms with Crippen molar-refractivity contribution in [3.63, 3.8) is 0 Å². The summed E-state index contributed by atoms with van der Waals surface area (Å²) in [6.45, 7) is 7.18. The first kappa shape index (κ1) is 24.6. The second-order valence-corrected chi connectivity index (χ2v) is 10.4. The van der Waals surface area contributed by atoms with Crippen LogP contribution in [-0.4, -0.2) is 45.4 Å². The van der Waals surface area contributed by atoms with E-state index in [1.165, 1.54) is 17.8 Å². The number of piperidine rings is 1. The van der Waals surface area contributed by atoms with E-state index in [2.05, 4.69) is 29.5 Å². The Labute approximate surface area is 185 Å². The molecular formula is C18H33IN4O2S2. The van der Waals surface area contributed by atoms with Gasteiger partial charge < -0.3 is 10.6 Å². The predicted molar refractivity (Wildman–Crippen MR) is 125 cm³/mol. The third-order valence-electron chi connectivity index (χ3n) is 4.45. The molecule has 0 radical (unpaired) electrons. The molecule has 0 amide bonds. The Morgan fingerprint density at radius 2 is 1.93 bits per heavy atom. The van der Waals surface area contributed by atoms with Crippen LogP contribution in [0.2, 0.25) is 0 Å². The number of aliphatic imine (C=N–C) groups is 1. The quantitative estimate of drug-likeness (QED) is 0.234. The van der Waals surface area contributed by atoms with Crippen LogP contribution < -0.4 is 10.6 Å². The van der Waals surface area contributed by atoms with Crippen molar-refractivity contribution in [2.75, 3.05) is 26.7 Å². The molecule has 1 aliphatic heterocycles. The lowest BCUT2D eigenvalue weighted by Gasteiger charge is -2.25. The molecule has 0 saturated carbocycles. The molecule has 156 valence electrons. The molecular weight excluding hydrogens is 495 g/mol. The van der Waals surface area contributed by atoms with Crippen molar-refractivity contribution in [2.45, 2.75) is 56.7 Å². The molecule has 0 aromatic carbocycles. The summed E-state index contributed by atoms with van der Waals surface area (Å²) < 4.78 is 27.5. The predicted octanol–water partition coefficient (Wildman–Crippen LogP) is 3.64. The van der Waals surface area contributed by atoms with E-state index in [0.717, 1.165) is 43.1 Å². The molecule has 1 saturated heterocycles. The van der Waals surface area contributed by atoms with Crippen LogP contribution in [0, 0.1) is 5.92 Å². The summed E-state index contributed by atoms with van der Waals surface area (Å²) in [7, 11) is -1.58. The maximum atomic E-state index is 12.7. The van der Waals surface area contributed by atoms with Gasteiger partial charge in [-0.25, -0.2) is 8.42 Å². The van der Waals surface area contributed by atoms with Crippen molar-refractivity contribution >= 4 is 51.3 Å². The molecule has 2 heterocycles. The third kappa shape index (κ3) is 7.86. The van der Waals surface area contributed by atoms with E-state index >= 15 is 0 Å². The number of guanidine groups is 1. The summed E-state index contributed by atoms with van der Waals surface area (Å²) in [5.74, 6) is 1.46. The number of nitrogens with zero attached hydrogens (tertiary/aromatic N) is 2. The van der Waals surface area contributed by atoms with Gasteiger partial charge in [-0.15, -0.1) is 35.3 Å². The molecule has 1 aromatic rings. The van der Waals surface area contributed by atoms with Gasteiger partial charge in [0.15, 0.2) is 5.96 Å². The average molecular weight is 529 g/mol. The molecule has 0 unspecified atom stereocenters. The van der Waals surface area contributed by atoms with Gasteiger partial charge in [0.05, 0.1) is 6.54 Å². The first-order chi connectivity index (χ1) is 12.4. The fourth-order valence-electron chi connectivity index (χ4n) is 2.93. The number of hydrogen-bond donors (Lipinski definition) is 2. The summed E-state index contributed by atoms with van der Waals surface area (Å²) in [5, 5.41) is 6.56. The van der Waals surface area contributed by atoms with Gasteiger partial charge in [0.1, 0.15) is 4.21 Å². The molecule has 0 bridgehead atoms. The van der Waals surface area contributed by atoms with Gasteiger partial charge in [-0.3, -0.25) is 4.99 Å². The van der Waals surface area contributed by atoms with Crippen molar-refractivity contribution in [2.24, 2.45) is 10.9 Å². The zero-order chi connectivity index (χ0) is 19.0. The zero-order valence-corrected chi connectivity index (χ0v) is 20.5. The van der Waals surface area contributed by atoms with Crippen molar-refractivity contribution in [1.29, 1.82) is 0 Å². The topological polar surface area (TPSA) is 73.8 Å².